The van der Waals surface area contributed by atoms with Crippen LogP contribution in [0.5, 0.6) is 11.5 Å². The number of aromatic nitrogens is 2. The van der Waals surface area contributed by atoms with Crippen LogP contribution in [-0.4, -0.2) is 60.4 Å². The van der Waals surface area contributed by atoms with Crippen molar-refractivity contribution in [2.24, 2.45) is 0 Å². The fraction of sp³-hybridized carbons (Fsp3) is 0.346. The first-order chi connectivity index (χ1) is 16.0. The highest BCUT2D eigenvalue weighted by Gasteiger charge is 2.27. The molecule has 1 unspecified atom stereocenters. The molecule has 0 saturated carbocycles. The number of carbonyl (C=O) groups is 1. The van der Waals surface area contributed by atoms with Gasteiger partial charge in [-0.1, -0.05) is 24.3 Å². The number of para-hydroxylation sites is 1. The number of hydrogen-bond donors (Lipinski definition) is 0. The Kier molecular flexibility index (Phi) is 6.77. The molecule has 4 rings (SSSR count). The summed E-state index contributed by atoms with van der Waals surface area (Å²) < 4.78 is 11.4. The molecule has 1 fully saturated rings. The molecule has 7 nitrogen and oxygen atoms in total. The van der Waals surface area contributed by atoms with E-state index >= 15 is 0 Å². The predicted octanol–water partition coefficient (Wildman–Crippen LogP) is 3.89. The Morgan fingerprint density at radius 1 is 0.939 bits per heavy atom. The van der Waals surface area contributed by atoms with Crippen molar-refractivity contribution in [2.75, 3.05) is 38.2 Å². The summed E-state index contributed by atoms with van der Waals surface area (Å²) in [6.07, 6.45) is -0.531. The molecule has 0 aliphatic carbocycles. The van der Waals surface area contributed by atoms with E-state index in [1.54, 1.807) is 7.11 Å². The van der Waals surface area contributed by atoms with Crippen LogP contribution >= 0.6 is 0 Å². The van der Waals surface area contributed by atoms with Crippen molar-refractivity contribution in [1.29, 1.82) is 0 Å². The number of aryl methyl sites for hydroxylation is 2. The van der Waals surface area contributed by atoms with Crippen LogP contribution in [0.3, 0.4) is 0 Å². The van der Waals surface area contributed by atoms with Gasteiger partial charge in [-0.2, -0.15) is 0 Å². The maximum atomic E-state index is 12.9. The van der Waals surface area contributed by atoms with Crippen LogP contribution in [0, 0.1) is 13.8 Å². The van der Waals surface area contributed by atoms with Crippen molar-refractivity contribution < 1.29 is 14.3 Å². The van der Waals surface area contributed by atoms with Gasteiger partial charge in [0.2, 0.25) is 0 Å². The Hall–Kier alpha value is -3.61. The van der Waals surface area contributed by atoms with Gasteiger partial charge >= 0.3 is 0 Å². The number of nitrogens with zero attached hydrogens (tertiary/aromatic N) is 4. The monoisotopic (exact) mass is 446 g/mol. The average molecular weight is 447 g/mol. The molecule has 1 saturated heterocycles. The first-order valence-electron chi connectivity index (χ1n) is 11.2. The number of carbonyl (C=O) groups excluding carboxylic acids is 1. The molecule has 7 heteroatoms. The molecule has 0 N–H and O–H groups in total. The highest BCUT2D eigenvalue weighted by Crippen LogP contribution is 2.28. The fourth-order valence-electron chi connectivity index (χ4n) is 3.98. The van der Waals surface area contributed by atoms with E-state index in [1.807, 2.05) is 80.3 Å². The number of methoxy groups -OCH3 is 1. The van der Waals surface area contributed by atoms with E-state index in [4.69, 9.17) is 9.47 Å². The topological polar surface area (TPSA) is 67.8 Å². The number of ether oxygens (including phenoxy) is 2. The van der Waals surface area contributed by atoms with Gasteiger partial charge in [-0.05, 0) is 62.2 Å². The SMILES string of the molecule is COc1ccccc1-c1ccc(N2CCN(C(=O)C(C)Oc3cc(C)ccc3C)CC2)nn1. The van der Waals surface area contributed by atoms with Crippen LogP contribution in [0.15, 0.2) is 54.6 Å². The van der Waals surface area contributed by atoms with Gasteiger partial charge in [0.25, 0.3) is 5.91 Å². The Balaban J connectivity index is 1.35. The lowest BCUT2D eigenvalue weighted by Gasteiger charge is -2.36. The van der Waals surface area contributed by atoms with Crippen LogP contribution in [0.1, 0.15) is 18.1 Å². The van der Waals surface area contributed by atoms with Crippen molar-refractivity contribution in [1.82, 2.24) is 15.1 Å². The van der Waals surface area contributed by atoms with Gasteiger partial charge in [0.1, 0.15) is 11.5 Å². The van der Waals surface area contributed by atoms with Crippen molar-refractivity contribution in [3.8, 4) is 22.8 Å². The molecular weight excluding hydrogens is 416 g/mol. The van der Waals surface area contributed by atoms with Crippen molar-refractivity contribution in [2.45, 2.75) is 26.9 Å². The van der Waals surface area contributed by atoms with E-state index in [9.17, 15) is 4.79 Å². The molecule has 2 heterocycles. The number of benzene rings is 2. The van der Waals surface area contributed by atoms with Gasteiger partial charge in [-0.25, -0.2) is 0 Å². The van der Waals surface area contributed by atoms with Gasteiger partial charge in [-0.3, -0.25) is 4.79 Å². The molecule has 1 aromatic heterocycles. The number of anilines is 1. The number of hydrogen-bond acceptors (Lipinski definition) is 6. The molecule has 0 bridgehead atoms. The van der Waals surface area contributed by atoms with E-state index < -0.39 is 6.10 Å². The van der Waals surface area contributed by atoms with Crippen molar-refractivity contribution in [3.05, 3.63) is 65.7 Å². The fourth-order valence-corrected chi connectivity index (χ4v) is 3.98. The largest absolute Gasteiger partial charge is 0.496 e. The number of rotatable bonds is 6. The molecule has 1 aliphatic rings. The Morgan fingerprint density at radius 3 is 2.39 bits per heavy atom. The molecule has 33 heavy (non-hydrogen) atoms. The zero-order valence-corrected chi connectivity index (χ0v) is 19.6. The van der Waals surface area contributed by atoms with Crippen LogP contribution in [0.2, 0.25) is 0 Å². The van der Waals surface area contributed by atoms with Gasteiger partial charge in [0.05, 0.1) is 12.8 Å². The van der Waals surface area contributed by atoms with Crippen LogP contribution in [-0.2, 0) is 4.79 Å². The summed E-state index contributed by atoms with van der Waals surface area (Å²) in [7, 11) is 1.65. The molecule has 2 aromatic carbocycles. The number of piperazine rings is 1. The Labute approximate surface area is 195 Å². The van der Waals surface area contributed by atoms with E-state index in [0.29, 0.717) is 26.2 Å². The Bertz CT molecular complexity index is 1110. The Morgan fingerprint density at radius 2 is 1.70 bits per heavy atom. The molecule has 0 radical (unpaired) electrons. The van der Waals surface area contributed by atoms with Crippen molar-refractivity contribution >= 4 is 11.7 Å². The average Bonchev–Trinajstić information content (AvgIpc) is 2.86. The van der Waals surface area contributed by atoms with Crippen LogP contribution < -0.4 is 14.4 Å². The summed E-state index contributed by atoms with van der Waals surface area (Å²) in [5.41, 5.74) is 3.82. The normalized spacial score (nSPS) is 14.7. The summed E-state index contributed by atoms with van der Waals surface area (Å²) in [5.74, 6) is 2.34. The standard InChI is InChI=1S/C26H30N4O3/c1-18-9-10-19(2)24(17-18)33-20(3)26(31)30-15-13-29(14-16-30)25-12-11-22(27-28-25)21-7-5-6-8-23(21)32-4/h5-12,17,20H,13-16H2,1-4H3. The third kappa shape index (κ3) is 5.08. The lowest BCUT2D eigenvalue weighted by atomic mass is 10.1. The predicted molar refractivity (Wildman–Crippen MR) is 129 cm³/mol. The third-order valence-corrected chi connectivity index (χ3v) is 5.94. The smallest absolute Gasteiger partial charge is 0.263 e. The lowest BCUT2D eigenvalue weighted by Crippen LogP contribution is -2.52. The minimum absolute atomic E-state index is 0.00756. The molecule has 172 valence electrons. The zero-order chi connectivity index (χ0) is 23.4. The third-order valence-electron chi connectivity index (χ3n) is 5.94. The van der Waals surface area contributed by atoms with E-state index in [0.717, 1.165) is 39.7 Å². The minimum atomic E-state index is -0.531. The van der Waals surface area contributed by atoms with Gasteiger partial charge in [0.15, 0.2) is 11.9 Å². The highest BCUT2D eigenvalue weighted by molar-refractivity contribution is 5.81. The first kappa shape index (κ1) is 22.6. The van der Waals surface area contributed by atoms with Crippen molar-refractivity contribution in [3.63, 3.8) is 0 Å². The summed E-state index contributed by atoms with van der Waals surface area (Å²) in [5, 5.41) is 8.83. The molecule has 1 atom stereocenters. The molecular formula is C26H30N4O3. The molecule has 3 aromatic rings. The van der Waals surface area contributed by atoms with Crippen LogP contribution in [0.25, 0.3) is 11.3 Å². The summed E-state index contributed by atoms with van der Waals surface area (Å²) in [6.45, 7) is 8.47. The van der Waals surface area contributed by atoms with E-state index in [2.05, 4.69) is 15.1 Å². The minimum Gasteiger partial charge on any atom is -0.496 e. The van der Waals surface area contributed by atoms with Gasteiger partial charge in [0, 0.05) is 31.7 Å². The second-order valence-electron chi connectivity index (χ2n) is 8.32. The van der Waals surface area contributed by atoms with E-state index in [-0.39, 0.29) is 5.91 Å². The first-order valence-corrected chi connectivity index (χ1v) is 11.2. The molecule has 1 amide bonds. The second kappa shape index (κ2) is 9.90. The van der Waals surface area contributed by atoms with E-state index in [1.165, 1.54) is 0 Å². The summed E-state index contributed by atoms with van der Waals surface area (Å²) in [4.78, 5) is 17.0. The van der Waals surface area contributed by atoms with Gasteiger partial charge < -0.3 is 19.3 Å². The lowest BCUT2D eigenvalue weighted by molar-refractivity contribution is -0.138. The highest BCUT2D eigenvalue weighted by atomic mass is 16.5. The van der Waals surface area contributed by atoms with Crippen LogP contribution in [0.4, 0.5) is 5.82 Å². The molecule has 1 aliphatic heterocycles. The maximum Gasteiger partial charge on any atom is 0.263 e. The summed E-state index contributed by atoms with van der Waals surface area (Å²) in [6, 6.07) is 17.7. The molecule has 0 spiro atoms. The van der Waals surface area contributed by atoms with Gasteiger partial charge in [-0.15, -0.1) is 10.2 Å². The maximum absolute atomic E-state index is 12.9. The summed E-state index contributed by atoms with van der Waals surface area (Å²) >= 11 is 0. The quantitative estimate of drug-likeness (QED) is 0.572. The number of amides is 1. The second-order valence-corrected chi connectivity index (χ2v) is 8.32. The zero-order valence-electron chi connectivity index (χ0n) is 19.6.